The molecule has 2 rings (SSSR count). The number of aryl methyl sites for hydroxylation is 1. The highest BCUT2D eigenvalue weighted by Gasteiger charge is 2.11. The van der Waals surface area contributed by atoms with Gasteiger partial charge in [0.1, 0.15) is 11.5 Å². The van der Waals surface area contributed by atoms with Crippen LogP contribution < -0.4 is 10.5 Å². The largest absolute Gasteiger partial charge is 0.456 e. The fourth-order valence-electron chi connectivity index (χ4n) is 1.91. The summed E-state index contributed by atoms with van der Waals surface area (Å²) < 4.78 is 6.94. The quantitative estimate of drug-likeness (QED) is 0.864. The number of rotatable bonds is 4. The molecule has 2 aromatic carbocycles. The molecule has 2 N–H and O–H groups in total. The highest BCUT2D eigenvalue weighted by molar-refractivity contribution is 9.10. The van der Waals surface area contributed by atoms with E-state index in [0.29, 0.717) is 0 Å². The number of benzene rings is 2. The summed E-state index contributed by atoms with van der Waals surface area (Å²) in [5.74, 6) is 1.63. The molecule has 2 aromatic rings. The zero-order valence-electron chi connectivity index (χ0n) is 11.2. The lowest BCUT2D eigenvalue weighted by atomic mass is 10.0. The Bertz CT molecular complexity index is 568. The molecule has 2 nitrogen and oxygen atoms in total. The van der Waals surface area contributed by atoms with E-state index in [0.717, 1.165) is 28.0 Å². The van der Waals surface area contributed by atoms with Crippen LogP contribution in [0.2, 0.25) is 0 Å². The number of nitrogens with two attached hydrogens (primary N) is 1. The van der Waals surface area contributed by atoms with Gasteiger partial charge in [-0.25, -0.2) is 0 Å². The Morgan fingerprint density at radius 2 is 1.89 bits per heavy atom. The van der Waals surface area contributed by atoms with Gasteiger partial charge in [-0.15, -0.1) is 0 Å². The van der Waals surface area contributed by atoms with Gasteiger partial charge in [0, 0.05) is 11.6 Å². The maximum atomic E-state index is 6.12. The maximum absolute atomic E-state index is 6.12. The van der Waals surface area contributed by atoms with Crippen LogP contribution in [0, 0.1) is 6.92 Å². The van der Waals surface area contributed by atoms with E-state index in [4.69, 9.17) is 10.5 Å². The van der Waals surface area contributed by atoms with E-state index in [2.05, 4.69) is 29.8 Å². The van der Waals surface area contributed by atoms with Crippen LogP contribution in [0.15, 0.2) is 46.9 Å². The summed E-state index contributed by atoms with van der Waals surface area (Å²) >= 11 is 3.53. The van der Waals surface area contributed by atoms with Crippen molar-refractivity contribution in [2.45, 2.75) is 26.3 Å². The molecule has 0 aliphatic heterocycles. The Labute approximate surface area is 122 Å². The van der Waals surface area contributed by atoms with Gasteiger partial charge < -0.3 is 10.5 Å². The van der Waals surface area contributed by atoms with Crippen LogP contribution in [0.5, 0.6) is 11.5 Å². The first kappa shape index (κ1) is 14.1. The van der Waals surface area contributed by atoms with Gasteiger partial charge in [-0.2, -0.15) is 0 Å². The molecular formula is C16H18BrNO. The van der Waals surface area contributed by atoms with Gasteiger partial charge in [-0.3, -0.25) is 0 Å². The van der Waals surface area contributed by atoms with E-state index in [-0.39, 0.29) is 6.04 Å². The molecular weight excluding hydrogens is 302 g/mol. The zero-order chi connectivity index (χ0) is 13.8. The molecule has 0 saturated carbocycles. The van der Waals surface area contributed by atoms with Crippen molar-refractivity contribution in [3.05, 3.63) is 58.1 Å². The van der Waals surface area contributed by atoms with Crippen LogP contribution in [0.3, 0.4) is 0 Å². The number of ether oxygens (including phenoxy) is 1. The van der Waals surface area contributed by atoms with E-state index < -0.39 is 0 Å². The lowest BCUT2D eigenvalue weighted by Gasteiger charge is -2.16. The van der Waals surface area contributed by atoms with Crippen LogP contribution in [0.1, 0.15) is 30.5 Å². The lowest BCUT2D eigenvalue weighted by Crippen LogP contribution is -2.09. The van der Waals surface area contributed by atoms with Gasteiger partial charge in [-0.1, -0.05) is 31.2 Å². The highest BCUT2D eigenvalue weighted by Crippen LogP contribution is 2.34. The molecule has 0 amide bonds. The van der Waals surface area contributed by atoms with Crippen LogP contribution in [-0.2, 0) is 0 Å². The number of hydrogen-bond donors (Lipinski definition) is 1. The third-order valence-electron chi connectivity index (χ3n) is 3.07. The summed E-state index contributed by atoms with van der Waals surface area (Å²) in [6, 6.07) is 14.0. The smallest absolute Gasteiger partial charge is 0.141 e. The summed E-state index contributed by atoms with van der Waals surface area (Å²) in [6.07, 6.45) is 0.884. The van der Waals surface area contributed by atoms with Gasteiger partial charge in [0.2, 0.25) is 0 Å². The average molecular weight is 320 g/mol. The fraction of sp³-hybridized carbons (Fsp3) is 0.250. The monoisotopic (exact) mass is 319 g/mol. The second-order valence-electron chi connectivity index (χ2n) is 4.59. The Balaban J connectivity index is 2.33. The Morgan fingerprint density at radius 3 is 2.58 bits per heavy atom. The predicted octanol–water partition coefficient (Wildman–Crippen LogP) is 4.96. The molecule has 1 atom stereocenters. The van der Waals surface area contributed by atoms with Gasteiger partial charge in [-0.05, 0) is 53.0 Å². The zero-order valence-corrected chi connectivity index (χ0v) is 12.8. The van der Waals surface area contributed by atoms with Crippen LogP contribution in [-0.4, -0.2) is 0 Å². The summed E-state index contributed by atoms with van der Waals surface area (Å²) in [7, 11) is 0. The second kappa shape index (κ2) is 6.22. The molecule has 0 radical (unpaired) electrons. The Hall–Kier alpha value is -1.32. The standard InChI is InChI=1S/C16H18BrNO/c1-3-14(18)12-6-4-5-7-15(12)19-16-9-8-11(2)10-13(16)17/h4-10,14H,3,18H2,1-2H3/t14-/m1/s1. The van der Waals surface area contributed by atoms with Crippen LogP contribution in [0.4, 0.5) is 0 Å². The molecule has 0 saturated heterocycles. The topological polar surface area (TPSA) is 35.2 Å². The molecule has 0 aliphatic rings. The van der Waals surface area contributed by atoms with Crippen molar-refractivity contribution >= 4 is 15.9 Å². The van der Waals surface area contributed by atoms with E-state index >= 15 is 0 Å². The molecule has 0 fully saturated rings. The highest BCUT2D eigenvalue weighted by atomic mass is 79.9. The third-order valence-corrected chi connectivity index (χ3v) is 3.69. The van der Waals surface area contributed by atoms with E-state index in [1.165, 1.54) is 5.56 Å². The minimum absolute atomic E-state index is 0.000392. The predicted molar refractivity (Wildman–Crippen MR) is 82.6 cm³/mol. The van der Waals surface area contributed by atoms with Gasteiger partial charge in [0.05, 0.1) is 4.47 Å². The SMILES string of the molecule is CC[C@@H](N)c1ccccc1Oc1ccc(C)cc1Br. The average Bonchev–Trinajstić information content (AvgIpc) is 2.41. The normalized spacial score (nSPS) is 12.2. The van der Waals surface area contributed by atoms with Crippen LogP contribution in [0.25, 0.3) is 0 Å². The molecule has 19 heavy (non-hydrogen) atoms. The summed E-state index contributed by atoms with van der Waals surface area (Å²) in [5, 5.41) is 0. The van der Waals surface area contributed by atoms with E-state index in [9.17, 15) is 0 Å². The Kier molecular flexibility index (Phi) is 4.61. The van der Waals surface area contributed by atoms with Gasteiger partial charge >= 0.3 is 0 Å². The molecule has 0 aliphatic carbocycles. The van der Waals surface area contributed by atoms with E-state index in [1.54, 1.807) is 0 Å². The molecule has 100 valence electrons. The molecule has 0 aromatic heterocycles. The fourth-order valence-corrected chi connectivity index (χ4v) is 2.48. The van der Waals surface area contributed by atoms with Crippen molar-refractivity contribution in [3.8, 4) is 11.5 Å². The third kappa shape index (κ3) is 3.37. The van der Waals surface area contributed by atoms with Crippen molar-refractivity contribution in [1.29, 1.82) is 0 Å². The minimum Gasteiger partial charge on any atom is -0.456 e. The number of hydrogen-bond acceptors (Lipinski definition) is 2. The first-order valence-electron chi connectivity index (χ1n) is 6.40. The van der Waals surface area contributed by atoms with Crippen molar-refractivity contribution in [1.82, 2.24) is 0 Å². The molecule has 0 heterocycles. The first-order valence-corrected chi connectivity index (χ1v) is 7.19. The van der Waals surface area contributed by atoms with Gasteiger partial charge in [0.25, 0.3) is 0 Å². The van der Waals surface area contributed by atoms with E-state index in [1.807, 2.05) is 42.5 Å². The summed E-state index contributed by atoms with van der Waals surface area (Å²) in [6.45, 7) is 4.12. The molecule has 0 unspecified atom stereocenters. The summed E-state index contributed by atoms with van der Waals surface area (Å²) in [4.78, 5) is 0. The van der Waals surface area contributed by atoms with Crippen molar-refractivity contribution in [3.63, 3.8) is 0 Å². The van der Waals surface area contributed by atoms with Crippen LogP contribution >= 0.6 is 15.9 Å². The van der Waals surface area contributed by atoms with Crippen molar-refractivity contribution in [2.24, 2.45) is 5.73 Å². The Morgan fingerprint density at radius 1 is 1.16 bits per heavy atom. The van der Waals surface area contributed by atoms with Gasteiger partial charge in [0.15, 0.2) is 0 Å². The maximum Gasteiger partial charge on any atom is 0.141 e. The van der Waals surface area contributed by atoms with Crippen molar-refractivity contribution in [2.75, 3.05) is 0 Å². The minimum atomic E-state index is 0.000392. The first-order chi connectivity index (χ1) is 9.11. The summed E-state index contributed by atoms with van der Waals surface area (Å²) in [5.41, 5.74) is 8.35. The molecule has 3 heteroatoms. The number of para-hydroxylation sites is 1. The lowest BCUT2D eigenvalue weighted by molar-refractivity contribution is 0.466. The molecule has 0 spiro atoms. The molecule has 0 bridgehead atoms. The second-order valence-corrected chi connectivity index (χ2v) is 5.44. The van der Waals surface area contributed by atoms with Crippen molar-refractivity contribution < 1.29 is 4.74 Å². The number of halogens is 1.